The Labute approximate surface area is 145 Å². The average molecular weight is 334 g/mol. The zero-order valence-corrected chi connectivity index (χ0v) is 14.5. The van der Waals surface area contributed by atoms with E-state index in [1.54, 1.807) is 11.3 Å². The molecule has 1 aliphatic carbocycles. The third-order valence-electron chi connectivity index (χ3n) is 4.40. The summed E-state index contributed by atoms with van der Waals surface area (Å²) in [6.45, 7) is 3.93. The maximum absolute atomic E-state index is 12.3. The molecule has 1 N–H and O–H groups in total. The van der Waals surface area contributed by atoms with Crippen LogP contribution in [0.2, 0.25) is 0 Å². The second-order valence-electron chi connectivity index (χ2n) is 6.17. The molecule has 4 rings (SSSR count). The van der Waals surface area contributed by atoms with Crippen molar-refractivity contribution in [3.63, 3.8) is 0 Å². The monoisotopic (exact) mass is 334 g/mol. The summed E-state index contributed by atoms with van der Waals surface area (Å²) in [6, 6.07) is 14.7. The number of carbonyl (C=O) groups is 1. The highest BCUT2D eigenvalue weighted by molar-refractivity contribution is 7.11. The predicted molar refractivity (Wildman–Crippen MR) is 98.6 cm³/mol. The Morgan fingerprint density at radius 1 is 1.12 bits per heavy atom. The largest absolute Gasteiger partial charge is 0.326 e. The molecule has 1 amide bonds. The van der Waals surface area contributed by atoms with E-state index in [0.717, 1.165) is 27.7 Å². The van der Waals surface area contributed by atoms with Gasteiger partial charge in [-0.1, -0.05) is 30.3 Å². The number of hydrogen-bond acceptors (Lipinski definition) is 3. The lowest BCUT2D eigenvalue weighted by atomic mass is 10.1. The van der Waals surface area contributed by atoms with Crippen molar-refractivity contribution in [1.29, 1.82) is 0 Å². The van der Waals surface area contributed by atoms with Gasteiger partial charge >= 0.3 is 0 Å². The van der Waals surface area contributed by atoms with Gasteiger partial charge in [-0.15, -0.1) is 11.3 Å². The first-order valence-corrected chi connectivity index (χ1v) is 8.86. The Bertz CT molecular complexity index is 943. The Kier molecular flexibility index (Phi) is 3.69. The number of carbonyl (C=O) groups excluding carboxylic acids is 1. The molecule has 0 saturated heterocycles. The van der Waals surface area contributed by atoms with Gasteiger partial charge in [-0.3, -0.25) is 4.79 Å². The molecule has 3 aromatic rings. The quantitative estimate of drug-likeness (QED) is 0.599. The molecule has 24 heavy (non-hydrogen) atoms. The van der Waals surface area contributed by atoms with Crippen molar-refractivity contribution in [2.24, 2.45) is 0 Å². The summed E-state index contributed by atoms with van der Waals surface area (Å²) in [5.74, 6) is 0.0113. The van der Waals surface area contributed by atoms with Crippen molar-refractivity contribution in [1.82, 2.24) is 4.98 Å². The van der Waals surface area contributed by atoms with Crippen molar-refractivity contribution in [2.45, 2.75) is 26.7 Å². The van der Waals surface area contributed by atoms with E-state index in [1.807, 2.05) is 19.9 Å². The minimum absolute atomic E-state index is 0.0113. The zero-order chi connectivity index (χ0) is 16.7. The van der Waals surface area contributed by atoms with Crippen molar-refractivity contribution in [3.8, 4) is 11.1 Å². The molecule has 3 nitrogen and oxygen atoms in total. The SMILES string of the molecule is Cc1nc(C)c(CC(=O)Nc2ccc3c(c2)Cc2ccccc2-3)s1. The summed E-state index contributed by atoms with van der Waals surface area (Å²) in [6.07, 6.45) is 1.32. The zero-order valence-electron chi connectivity index (χ0n) is 13.7. The van der Waals surface area contributed by atoms with Gasteiger partial charge in [-0.05, 0) is 54.7 Å². The normalized spacial score (nSPS) is 11.9. The molecule has 0 fully saturated rings. The van der Waals surface area contributed by atoms with E-state index in [0.29, 0.717) is 6.42 Å². The van der Waals surface area contributed by atoms with Crippen LogP contribution in [0.3, 0.4) is 0 Å². The molecule has 0 atom stereocenters. The van der Waals surface area contributed by atoms with Crippen molar-refractivity contribution in [2.75, 3.05) is 5.32 Å². The summed E-state index contributed by atoms with van der Waals surface area (Å²) < 4.78 is 0. The van der Waals surface area contributed by atoms with Crippen LogP contribution < -0.4 is 5.32 Å². The van der Waals surface area contributed by atoms with Crippen molar-refractivity contribution in [3.05, 3.63) is 69.2 Å². The Morgan fingerprint density at radius 3 is 2.71 bits per heavy atom. The van der Waals surface area contributed by atoms with E-state index in [-0.39, 0.29) is 5.91 Å². The number of anilines is 1. The number of nitrogens with one attached hydrogen (secondary N) is 1. The molecule has 1 heterocycles. The molecule has 0 saturated carbocycles. The summed E-state index contributed by atoms with van der Waals surface area (Å²) in [4.78, 5) is 17.7. The first-order chi connectivity index (χ1) is 11.6. The van der Waals surface area contributed by atoms with E-state index in [1.165, 1.54) is 22.3 Å². The number of aromatic nitrogens is 1. The average Bonchev–Trinajstić information content (AvgIpc) is 3.06. The van der Waals surface area contributed by atoms with Crippen molar-refractivity contribution < 1.29 is 4.79 Å². The lowest BCUT2D eigenvalue weighted by Gasteiger charge is -2.07. The second-order valence-corrected chi connectivity index (χ2v) is 7.46. The standard InChI is InChI=1S/C20H18N2OS/c1-12-19(24-13(2)21-12)11-20(23)22-16-7-8-18-15(10-16)9-14-5-3-4-6-17(14)18/h3-8,10H,9,11H2,1-2H3,(H,22,23). The molecule has 1 aliphatic rings. The first-order valence-electron chi connectivity index (χ1n) is 8.04. The van der Waals surface area contributed by atoms with Crippen LogP contribution >= 0.6 is 11.3 Å². The Morgan fingerprint density at radius 2 is 1.92 bits per heavy atom. The number of hydrogen-bond donors (Lipinski definition) is 1. The van der Waals surface area contributed by atoms with Gasteiger partial charge in [0.2, 0.25) is 5.91 Å². The lowest BCUT2D eigenvalue weighted by Crippen LogP contribution is -2.14. The summed E-state index contributed by atoms with van der Waals surface area (Å²) in [7, 11) is 0. The maximum atomic E-state index is 12.3. The molecule has 0 aliphatic heterocycles. The van der Waals surface area contributed by atoms with Crippen LogP contribution in [-0.4, -0.2) is 10.9 Å². The number of aryl methyl sites for hydroxylation is 2. The Balaban J connectivity index is 1.51. The van der Waals surface area contributed by atoms with Gasteiger partial charge in [-0.2, -0.15) is 0 Å². The van der Waals surface area contributed by atoms with E-state index in [2.05, 4.69) is 46.7 Å². The van der Waals surface area contributed by atoms with Gasteiger partial charge in [0.05, 0.1) is 17.1 Å². The van der Waals surface area contributed by atoms with Crippen LogP contribution in [0, 0.1) is 13.8 Å². The third kappa shape index (κ3) is 2.74. The number of fused-ring (bicyclic) bond motifs is 3. The fourth-order valence-corrected chi connectivity index (χ4v) is 4.25. The number of nitrogens with zero attached hydrogens (tertiary/aromatic N) is 1. The molecule has 1 aromatic heterocycles. The number of rotatable bonds is 3. The van der Waals surface area contributed by atoms with Crippen LogP contribution in [0.5, 0.6) is 0 Å². The van der Waals surface area contributed by atoms with E-state index >= 15 is 0 Å². The highest BCUT2D eigenvalue weighted by Gasteiger charge is 2.18. The molecule has 0 radical (unpaired) electrons. The lowest BCUT2D eigenvalue weighted by molar-refractivity contribution is -0.115. The summed E-state index contributed by atoms with van der Waals surface area (Å²) in [5.41, 5.74) is 7.03. The minimum Gasteiger partial charge on any atom is -0.326 e. The molecule has 4 heteroatoms. The van der Waals surface area contributed by atoms with Gasteiger partial charge < -0.3 is 5.32 Å². The van der Waals surface area contributed by atoms with Crippen LogP contribution in [-0.2, 0) is 17.6 Å². The third-order valence-corrected chi connectivity index (χ3v) is 5.47. The molecule has 120 valence electrons. The molecular weight excluding hydrogens is 316 g/mol. The maximum Gasteiger partial charge on any atom is 0.229 e. The van der Waals surface area contributed by atoms with Gasteiger partial charge in [0.25, 0.3) is 0 Å². The topological polar surface area (TPSA) is 42.0 Å². The van der Waals surface area contributed by atoms with Crippen LogP contribution in [0.25, 0.3) is 11.1 Å². The van der Waals surface area contributed by atoms with Crippen LogP contribution in [0.1, 0.15) is 26.7 Å². The molecule has 0 bridgehead atoms. The van der Waals surface area contributed by atoms with Crippen molar-refractivity contribution >= 4 is 22.9 Å². The van der Waals surface area contributed by atoms with Gasteiger partial charge in [0.1, 0.15) is 0 Å². The van der Waals surface area contributed by atoms with Gasteiger partial charge in [-0.25, -0.2) is 4.98 Å². The Hall–Kier alpha value is -2.46. The second kappa shape index (κ2) is 5.87. The van der Waals surface area contributed by atoms with Crippen LogP contribution in [0.4, 0.5) is 5.69 Å². The predicted octanol–water partition coefficient (Wildman–Crippen LogP) is 4.51. The molecule has 0 spiro atoms. The minimum atomic E-state index is 0.0113. The van der Waals surface area contributed by atoms with Gasteiger partial charge in [0, 0.05) is 10.6 Å². The van der Waals surface area contributed by atoms with E-state index in [4.69, 9.17) is 0 Å². The molecule has 2 aromatic carbocycles. The number of benzene rings is 2. The highest BCUT2D eigenvalue weighted by atomic mass is 32.1. The molecular formula is C20H18N2OS. The summed E-state index contributed by atoms with van der Waals surface area (Å²) >= 11 is 1.59. The number of thiazole rings is 1. The van der Waals surface area contributed by atoms with E-state index in [9.17, 15) is 4.79 Å². The summed E-state index contributed by atoms with van der Waals surface area (Å²) in [5, 5.41) is 4.03. The van der Waals surface area contributed by atoms with Crippen LogP contribution in [0.15, 0.2) is 42.5 Å². The fraction of sp³-hybridized carbons (Fsp3) is 0.200. The van der Waals surface area contributed by atoms with Gasteiger partial charge in [0.15, 0.2) is 0 Å². The highest BCUT2D eigenvalue weighted by Crippen LogP contribution is 2.37. The van der Waals surface area contributed by atoms with E-state index < -0.39 is 0 Å². The fourth-order valence-electron chi connectivity index (χ4n) is 3.31. The smallest absolute Gasteiger partial charge is 0.229 e. The first kappa shape index (κ1) is 15.1. The molecule has 0 unspecified atom stereocenters. The number of amides is 1.